The quantitative estimate of drug-likeness (QED) is 0.560. The maximum atomic E-state index is 13.8. The monoisotopic (exact) mass is 478 g/mol. The molecule has 0 aromatic heterocycles. The molecule has 34 heavy (non-hydrogen) atoms. The maximum Gasteiger partial charge on any atom is 0.416 e. The minimum Gasteiger partial charge on any atom is -0.351 e. The van der Waals surface area contributed by atoms with Crippen molar-refractivity contribution in [1.29, 1.82) is 0 Å². The van der Waals surface area contributed by atoms with E-state index in [0.29, 0.717) is 12.1 Å². The van der Waals surface area contributed by atoms with Gasteiger partial charge in [-0.25, -0.2) is 4.79 Å². The van der Waals surface area contributed by atoms with E-state index in [0.717, 1.165) is 6.07 Å². The summed E-state index contributed by atoms with van der Waals surface area (Å²) >= 11 is 0. The molecule has 0 aliphatic carbocycles. The molecule has 0 saturated heterocycles. The fourth-order valence-electron chi connectivity index (χ4n) is 4.45. The Labute approximate surface area is 196 Å². The second kappa shape index (κ2) is 9.90. The number of likely N-dealkylation sites (N-methyl/N-ethyl adjacent to an activating group) is 1. The predicted octanol–water partition coefficient (Wildman–Crippen LogP) is 3.60. The Hall–Kier alpha value is -3.30. The van der Waals surface area contributed by atoms with Crippen LogP contribution in [0, 0.1) is 5.92 Å². The Kier molecular flexibility index (Phi) is 7.38. The third-order valence-electron chi connectivity index (χ3n) is 5.94. The predicted molar refractivity (Wildman–Crippen MR) is 120 cm³/mol. The zero-order chi connectivity index (χ0) is 25.2. The standard InChI is InChI=1S/C24H29F3N4O3/c1-5-11-28-21(32)17(12-14(3)4)31-13-18-19(22(31)33)20(29-23(34)30(18)6-2)15-9-7-8-10-16(15)24(25,26)27/h5,7-10,14,17,20H,1,6,11-13H2,2-4H3,(H,28,32)(H,29,34)/t17-,20+/m1/s1. The molecule has 2 atom stereocenters. The average molecular weight is 479 g/mol. The fourth-order valence-corrected chi connectivity index (χ4v) is 4.45. The number of urea groups is 1. The molecule has 0 spiro atoms. The molecule has 0 radical (unpaired) electrons. The first-order valence-electron chi connectivity index (χ1n) is 11.2. The molecule has 0 bridgehead atoms. The van der Waals surface area contributed by atoms with Crippen LogP contribution in [0.2, 0.25) is 0 Å². The van der Waals surface area contributed by atoms with Gasteiger partial charge in [0.1, 0.15) is 6.04 Å². The second-order valence-electron chi connectivity index (χ2n) is 8.68. The number of halogens is 3. The minimum absolute atomic E-state index is 0.0427. The number of carbonyl (C=O) groups is 3. The van der Waals surface area contributed by atoms with E-state index >= 15 is 0 Å². The van der Waals surface area contributed by atoms with Crippen LogP contribution in [-0.2, 0) is 15.8 Å². The van der Waals surface area contributed by atoms with Gasteiger partial charge >= 0.3 is 12.2 Å². The van der Waals surface area contributed by atoms with Gasteiger partial charge in [0.05, 0.1) is 29.4 Å². The van der Waals surface area contributed by atoms with E-state index in [9.17, 15) is 27.6 Å². The molecule has 0 fully saturated rings. The van der Waals surface area contributed by atoms with Crippen molar-refractivity contribution in [3.05, 3.63) is 59.3 Å². The summed E-state index contributed by atoms with van der Waals surface area (Å²) < 4.78 is 41.3. The molecular weight excluding hydrogens is 449 g/mol. The van der Waals surface area contributed by atoms with Crippen LogP contribution >= 0.6 is 0 Å². The van der Waals surface area contributed by atoms with Crippen LogP contribution in [0.3, 0.4) is 0 Å². The number of hydrogen-bond acceptors (Lipinski definition) is 3. The second-order valence-corrected chi connectivity index (χ2v) is 8.68. The van der Waals surface area contributed by atoms with E-state index in [4.69, 9.17) is 0 Å². The minimum atomic E-state index is -4.67. The first kappa shape index (κ1) is 25.3. The maximum absolute atomic E-state index is 13.8. The highest BCUT2D eigenvalue weighted by Crippen LogP contribution is 2.42. The molecule has 1 aromatic carbocycles. The smallest absolute Gasteiger partial charge is 0.351 e. The third-order valence-corrected chi connectivity index (χ3v) is 5.94. The lowest BCUT2D eigenvalue weighted by Gasteiger charge is -2.33. The van der Waals surface area contributed by atoms with Crippen molar-refractivity contribution in [2.45, 2.75) is 45.5 Å². The number of alkyl halides is 3. The van der Waals surface area contributed by atoms with Crippen LogP contribution in [0.25, 0.3) is 0 Å². The van der Waals surface area contributed by atoms with E-state index in [1.165, 1.54) is 34.1 Å². The number of benzene rings is 1. The van der Waals surface area contributed by atoms with Crippen LogP contribution in [-0.4, -0.2) is 53.3 Å². The normalized spacial score (nSPS) is 19.3. The molecule has 4 amide bonds. The number of amides is 4. The average Bonchev–Trinajstić information content (AvgIpc) is 3.11. The van der Waals surface area contributed by atoms with Gasteiger partial charge in [-0.05, 0) is 30.9 Å². The van der Waals surface area contributed by atoms with E-state index in [2.05, 4.69) is 17.2 Å². The molecule has 7 nitrogen and oxygen atoms in total. The van der Waals surface area contributed by atoms with Gasteiger partial charge in [-0.15, -0.1) is 6.58 Å². The zero-order valence-electron chi connectivity index (χ0n) is 19.4. The van der Waals surface area contributed by atoms with Gasteiger partial charge in [0.25, 0.3) is 5.91 Å². The van der Waals surface area contributed by atoms with Gasteiger partial charge < -0.3 is 15.5 Å². The zero-order valence-corrected chi connectivity index (χ0v) is 19.4. The lowest BCUT2D eigenvalue weighted by Crippen LogP contribution is -2.49. The number of nitrogens with zero attached hydrogens (tertiary/aromatic N) is 2. The van der Waals surface area contributed by atoms with E-state index < -0.39 is 35.8 Å². The van der Waals surface area contributed by atoms with E-state index in [1.54, 1.807) is 6.92 Å². The summed E-state index contributed by atoms with van der Waals surface area (Å²) in [6.45, 7) is 9.50. The summed E-state index contributed by atoms with van der Waals surface area (Å²) in [6.07, 6.45) is -2.80. The van der Waals surface area contributed by atoms with Gasteiger partial charge in [-0.2, -0.15) is 13.2 Å². The van der Waals surface area contributed by atoms with Crippen LogP contribution in [0.15, 0.2) is 48.2 Å². The van der Waals surface area contributed by atoms with Crippen molar-refractivity contribution in [1.82, 2.24) is 20.4 Å². The number of rotatable bonds is 8. The fraction of sp³-hybridized carbons (Fsp3) is 0.458. The van der Waals surface area contributed by atoms with Crippen LogP contribution in [0.5, 0.6) is 0 Å². The van der Waals surface area contributed by atoms with Gasteiger partial charge in [0, 0.05) is 13.1 Å². The van der Waals surface area contributed by atoms with Crippen molar-refractivity contribution in [2.75, 3.05) is 19.6 Å². The largest absolute Gasteiger partial charge is 0.416 e. The SMILES string of the molecule is C=CCNC(=O)[C@@H](CC(C)C)N1CC2=C(C1=O)[C@H](c1ccccc1C(F)(F)F)NC(=O)N2CC. The Morgan fingerprint density at radius 1 is 1.29 bits per heavy atom. The van der Waals surface area contributed by atoms with Crippen LogP contribution < -0.4 is 10.6 Å². The van der Waals surface area contributed by atoms with Gasteiger partial charge in [-0.1, -0.05) is 38.1 Å². The van der Waals surface area contributed by atoms with E-state index in [-0.39, 0.29) is 42.6 Å². The Morgan fingerprint density at radius 2 is 1.97 bits per heavy atom. The molecule has 0 unspecified atom stereocenters. The third kappa shape index (κ3) is 4.80. The van der Waals surface area contributed by atoms with Crippen molar-refractivity contribution in [2.24, 2.45) is 5.92 Å². The highest BCUT2D eigenvalue weighted by atomic mass is 19.4. The topological polar surface area (TPSA) is 81.8 Å². The summed E-state index contributed by atoms with van der Waals surface area (Å²) in [5.74, 6) is -0.875. The summed E-state index contributed by atoms with van der Waals surface area (Å²) in [7, 11) is 0. The lowest BCUT2D eigenvalue weighted by molar-refractivity contribution is -0.139. The van der Waals surface area contributed by atoms with Crippen LogP contribution in [0.4, 0.5) is 18.0 Å². The first-order chi connectivity index (χ1) is 16.0. The molecule has 2 heterocycles. The lowest BCUT2D eigenvalue weighted by atomic mass is 9.91. The van der Waals surface area contributed by atoms with E-state index in [1.807, 2.05) is 13.8 Å². The summed E-state index contributed by atoms with van der Waals surface area (Å²) in [4.78, 5) is 42.1. The number of carbonyl (C=O) groups excluding carboxylic acids is 3. The molecule has 2 aliphatic rings. The number of hydrogen-bond donors (Lipinski definition) is 2. The Morgan fingerprint density at radius 3 is 2.56 bits per heavy atom. The Balaban J connectivity index is 2.08. The summed E-state index contributed by atoms with van der Waals surface area (Å²) in [5.41, 5.74) is -0.754. The number of nitrogens with one attached hydrogen (secondary N) is 2. The Bertz CT molecular complexity index is 1020. The van der Waals surface area contributed by atoms with Crippen molar-refractivity contribution in [3.8, 4) is 0 Å². The van der Waals surface area contributed by atoms with Crippen molar-refractivity contribution in [3.63, 3.8) is 0 Å². The molecule has 10 heteroatoms. The summed E-state index contributed by atoms with van der Waals surface area (Å²) in [6, 6.07) is 2.17. The van der Waals surface area contributed by atoms with Crippen LogP contribution in [0.1, 0.15) is 44.4 Å². The van der Waals surface area contributed by atoms with Gasteiger partial charge in [-0.3, -0.25) is 14.5 Å². The molecular formula is C24H29F3N4O3. The molecule has 184 valence electrons. The molecule has 1 aromatic rings. The molecule has 0 saturated carbocycles. The molecule has 2 N–H and O–H groups in total. The van der Waals surface area contributed by atoms with Crippen molar-refractivity contribution >= 4 is 17.8 Å². The first-order valence-corrected chi connectivity index (χ1v) is 11.2. The highest BCUT2D eigenvalue weighted by molar-refractivity contribution is 6.03. The summed E-state index contributed by atoms with van der Waals surface area (Å²) in [5, 5.41) is 5.29. The van der Waals surface area contributed by atoms with Gasteiger partial charge in [0.15, 0.2) is 0 Å². The van der Waals surface area contributed by atoms with Gasteiger partial charge in [0.2, 0.25) is 5.91 Å². The molecule has 2 aliphatic heterocycles. The molecule has 3 rings (SSSR count). The van der Waals surface area contributed by atoms with Crippen molar-refractivity contribution < 1.29 is 27.6 Å². The highest BCUT2D eigenvalue weighted by Gasteiger charge is 2.48.